The van der Waals surface area contributed by atoms with E-state index in [-0.39, 0.29) is 31.3 Å². The number of hydrogen-bond donors (Lipinski definition) is 2. The first-order valence-electron chi connectivity index (χ1n) is 27.0. The minimum absolute atomic E-state index is 0.0596. The molecule has 11 heteroatoms. The molecule has 0 saturated heterocycles. The van der Waals surface area contributed by atoms with Crippen LogP contribution in [-0.4, -0.2) is 116 Å². The van der Waals surface area contributed by atoms with Crippen LogP contribution in [0, 0.1) is 0 Å². The Hall–Kier alpha value is -1.03. The van der Waals surface area contributed by atoms with Crippen molar-refractivity contribution in [1.82, 2.24) is 14.7 Å². The summed E-state index contributed by atoms with van der Waals surface area (Å²) >= 11 is 0. The molecule has 376 valence electrons. The molecule has 0 rings (SSSR count). The number of ether oxygens (including phenoxy) is 2. The Balaban J connectivity index is 3.79. The molecule has 0 radical (unpaired) electrons. The molecule has 0 aromatic rings. The molecule has 0 heterocycles. The highest BCUT2D eigenvalue weighted by atomic mass is 31.2. The van der Waals surface area contributed by atoms with Crippen molar-refractivity contribution in [3.8, 4) is 0 Å². The van der Waals surface area contributed by atoms with Gasteiger partial charge in [0, 0.05) is 32.5 Å². The van der Waals surface area contributed by atoms with Crippen molar-refractivity contribution in [2.24, 2.45) is 0 Å². The summed E-state index contributed by atoms with van der Waals surface area (Å²) < 4.78 is 22.1. The van der Waals surface area contributed by atoms with Crippen LogP contribution < -0.4 is 0 Å². The molecular formula is C52H106N3O7P. The molecule has 0 aromatic heterocycles. The monoisotopic (exact) mass is 916 g/mol. The van der Waals surface area contributed by atoms with Crippen LogP contribution >= 0.6 is 7.60 Å². The molecule has 10 nitrogen and oxygen atoms in total. The maximum atomic E-state index is 12.2. The van der Waals surface area contributed by atoms with Crippen LogP contribution in [0.2, 0.25) is 0 Å². The molecule has 63 heavy (non-hydrogen) atoms. The fourth-order valence-corrected chi connectivity index (χ4v) is 8.91. The summed E-state index contributed by atoms with van der Waals surface area (Å²) in [5.74, 6) is -0.423. The zero-order chi connectivity index (χ0) is 46.3. The lowest BCUT2D eigenvalue weighted by Gasteiger charge is -2.24. The molecule has 2 N–H and O–H groups in total. The summed E-state index contributed by atoms with van der Waals surface area (Å²) in [5, 5.41) is 0. The van der Waals surface area contributed by atoms with Gasteiger partial charge in [-0.3, -0.25) is 14.2 Å². The van der Waals surface area contributed by atoms with Crippen molar-refractivity contribution in [3.63, 3.8) is 0 Å². The lowest BCUT2D eigenvalue weighted by Crippen LogP contribution is -2.33. The Labute approximate surface area is 390 Å². The maximum Gasteiger partial charge on any atom is 0.326 e. The van der Waals surface area contributed by atoms with E-state index in [1.165, 1.54) is 167 Å². The molecule has 0 aromatic carbocycles. The predicted octanol–water partition coefficient (Wildman–Crippen LogP) is 13.5. The van der Waals surface area contributed by atoms with Crippen LogP contribution in [0.5, 0.6) is 0 Å². The number of carbonyl (C=O) groups excluding carboxylic acids is 2. The zero-order valence-corrected chi connectivity index (χ0v) is 43.1. The molecule has 0 spiro atoms. The molecular weight excluding hydrogens is 810 g/mol. The number of unbranched alkanes of at least 4 members (excludes halogenated alkanes) is 30. The van der Waals surface area contributed by atoms with Crippen molar-refractivity contribution in [3.05, 3.63) is 0 Å². The zero-order valence-electron chi connectivity index (χ0n) is 42.3. The van der Waals surface area contributed by atoms with Gasteiger partial charge in [-0.2, -0.15) is 0 Å². The Morgan fingerprint density at radius 2 is 0.651 bits per heavy atom. The second-order valence-corrected chi connectivity index (χ2v) is 20.9. The van der Waals surface area contributed by atoms with Gasteiger partial charge in [0.1, 0.15) is 13.2 Å². The Morgan fingerprint density at radius 3 is 0.937 bits per heavy atom. The molecule has 0 saturated carbocycles. The number of rotatable bonds is 51. The normalized spacial score (nSPS) is 12.0. The first kappa shape index (κ1) is 62.0. The van der Waals surface area contributed by atoms with Crippen LogP contribution in [0.25, 0.3) is 0 Å². The first-order valence-corrected chi connectivity index (χ1v) is 28.8. The summed E-state index contributed by atoms with van der Waals surface area (Å²) in [7, 11) is 0.360. The third-order valence-corrected chi connectivity index (χ3v) is 13.3. The van der Waals surface area contributed by atoms with Gasteiger partial charge in [-0.25, -0.2) is 0 Å². The van der Waals surface area contributed by atoms with Crippen LogP contribution in [0.15, 0.2) is 0 Å². The molecule has 0 aliphatic heterocycles. The predicted molar refractivity (Wildman–Crippen MR) is 268 cm³/mol. The summed E-state index contributed by atoms with van der Waals surface area (Å²) in [6.07, 6.45) is 43.0. The Bertz CT molecular complexity index is 1030. The van der Waals surface area contributed by atoms with Gasteiger partial charge < -0.3 is 34.0 Å². The van der Waals surface area contributed by atoms with E-state index >= 15 is 0 Å². The van der Waals surface area contributed by atoms with Gasteiger partial charge in [0.05, 0.1) is 6.16 Å². The molecule has 0 bridgehead atoms. The largest absolute Gasteiger partial charge is 0.462 e. The van der Waals surface area contributed by atoms with Gasteiger partial charge in [-0.15, -0.1) is 0 Å². The van der Waals surface area contributed by atoms with Crippen LogP contribution in [0.4, 0.5) is 0 Å². The molecule has 0 fully saturated rings. The Kier molecular flexibility index (Phi) is 46.7. The first-order chi connectivity index (χ1) is 30.6. The van der Waals surface area contributed by atoms with Gasteiger partial charge in [0.25, 0.3) is 0 Å². The lowest BCUT2D eigenvalue weighted by molar-refractivity contribution is -0.152. The summed E-state index contributed by atoms with van der Waals surface area (Å²) in [6, 6.07) is 0. The van der Waals surface area contributed by atoms with Gasteiger partial charge in [-0.05, 0) is 78.8 Å². The third kappa shape index (κ3) is 50.2. The number of likely N-dealkylation sites (N-methyl/N-ethyl adjacent to an activating group) is 1. The van der Waals surface area contributed by atoms with Crippen molar-refractivity contribution in [2.45, 2.75) is 245 Å². The third-order valence-electron chi connectivity index (χ3n) is 12.5. The van der Waals surface area contributed by atoms with Gasteiger partial charge >= 0.3 is 19.5 Å². The molecule has 0 amide bonds. The number of carbonyl (C=O) groups is 2. The molecule has 0 aliphatic rings. The number of nitrogens with zero attached hydrogens (tertiary/aromatic N) is 3. The maximum absolute atomic E-state index is 12.2. The van der Waals surface area contributed by atoms with E-state index in [1.54, 1.807) is 0 Å². The smallest absolute Gasteiger partial charge is 0.326 e. The molecule has 0 atom stereocenters. The van der Waals surface area contributed by atoms with E-state index in [0.29, 0.717) is 19.4 Å². The van der Waals surface area contributed by atoms with E-state index in [4.69, 9.17) is 9.47 Å². The number of esters is 2. The van der Waals surface area contributed by atoms with E-state index < -0.39 is 7.60 Å². The fraction of sp³-hybridized carbons (Fsp3) is 0.962. The van der Waals surface area contributed by atoms with Crippen LogP contribution in [0.1, 0.15) is 245 Å². The highest BCUT2D eigenvalue weighted by molar-refractivity contribution is 7.51. The standard InChI is InChI=1S/C52H106N3O7P/c1-5-7-9-11-13-15-17-23-29-35-41-54(46-45-53(3)4)42-36-30-25-19-21-27-33-39-51(56)61-48-49-62-52(57)40-34-28-22-20-26-32-38-44-55(47-50-63(58,59)60)43-37-31-24-18-16-14-12-10-8-6-2/h5-50H2,1-4H3,(H2,58,59,60). The van der Waals surface area contributed by atoms with Crippen LogP contribution in [0.3, 0.4) is 0 Å². The second kappa shape index (κ2) is 47.5. The molecule has 0 aliphatic carbocycles. The minimum Gasteiger partial charge on any atom is -0.462 e. The van der Waals surface area contributed by atoms with Gasteiger partial charge in [-0.1, -0.05) is 194 Å². The fourth-order valence-electron chi connectivity index (χ4n) is 8.36. The Morgan fingerprint density at radius 1 is 0.381 bits per heavy atom. The van der Waals surface area contributed by atoms with Gasteiger partial charge in [0.15, 0.2) is 0 Å². The van der Waals surface area contributed by atoms with E-state index in [1.807, 2.05) is 0 Å². The topological polar surface area (TPSA) is 120 Å². The molecule has 0 unspecified atom stereocenters. The van der Waals surface area contributed by atoms with Crippen molar-refractivity contribution in [1.29, 1.82) is 0 Å². The summed E-state index contributed by atoms with van der Waals surface area (Å²) in [6.45, 7) is 11.8. The average molecular weight is 916 g/mol. The average Bonchev–Trinajstić information content (AvgIpc) is 3.25. The number of hydrogen-bond acceptors (Lipinski definition) is 8. The highest BCUT2D eigenvalue weighted by Gasteiger charge is 2.16. The summed E-state index contributed by atoms with van der Waals surface area (Å²) in [4.78, 5) is 50.3. The van der Waals surface area contributed by atoms with E-state index in [0.717, 1.165) is 90.3 Å². The van der Waals surface area contributed by atoms with Crippen molar-refractivity contribution < 1.29 is 33.4 Å². The van der Waals surface area contributed by atoms with E-state index in [2.05, 4.69) is 42.6 Å². The van der Waals surface area contributed by atoms with E-state index in [9.17, 15) is 23.9 Å². The van der Waals surface area contributed by atoms with Crippen LogP contribution in [-0.2, 0) is 23.6 Å². The highest BCUT2D eigenvalue weighted by Crippen LogP contribution is 2.33. The van der Waals surface area contributed by atoms with Gasteiger partial charge in [0.2, 0.25) is 0 Å². The summed E-state index contributed by atoms with van der Waals surface area (Å²) in [5.41, 5.74) is 0. The minimum atomic E-state index is -3.98. The second-order valence-electron chi connectivity index (χ2n) is 19.1. The quantitative estimate of drug-likeness (QED) is 0.0347. The van der Waals surface area contributed by atoms with Crippen molar-refractivity contribution >= 4 is 19.5 Å². The van der Waals surface area contributed by atoms with Crippen molar-refractivity contribution in [2.75, 3.05) is 79.3 Å². The lowest BCUT2D eigenvalue weighted by atomic mass is 10.1. The SMILES string of the molecule is CCCCCCCCCCCCN(CCCCCCCCCC(=O)OCCOC(=O)CCCCCCCCCN(CCCCCCCCCCCC)CCP(=O)(O)O)CCN(C)C.